The van der Waals surface area contributed by atoms with Crippen molar-refractivity contribution in [3.63, 3.8) is 0 Å². The van der Waals surface area contributed by atoms with Gasteiger partial charge in [-0.25, -0.2) is 9.37 Å². The standard InChI is InChI=1S/C32H29FN8.C2H6.2C2H4/c1-18(20-4-3-5-20)37-25-11-23(14-35-15-25)21-6-7-28-26(12-21)31(41-40-28)32-38-29-17-36-16-27(30(29)39-32)22-8-19(13-34-2)9-24(33)10-22;3*1-2/h6-12,14-17,20,34,37H,1,3-5,13H2,2H3,(H,38,39)(H,40,41);1-2H3;2*1-2H2. The second-order valence-corrected chi connectivity index (χ2v) is 10.6. The van der Waals surface area contributed by atoms with Crippen molar-refractivity contribution in [3.05, 3.63) is 117 Å². The lowest BCUT2D eigenvalue weighted by Crippen LogP contribution is -2.18. The average Bonchev–Trinajstić information content (AvgIpc) is 3.71. The molecule has 8 nitrogen and oxygen atoms in total. The van der Waals surface area contributed by atoms with Crippen molar-refractivity contribution < 1.29 is 4.39 Å². The van der Waals surface area contributed by atoms with Crippen LogP contribution in [-0.2, 0) is 6.54 Å². The number of anilines is 1. The fraction of sp³-hybridized carbons (Fsp3) is 0.211. The zero-order valence-corrected chi connectivity index (χ0v) is 27.5. The van der Waals surface area contributed by atoms with Crippen LogP contribution in [0, 0.1) is 11.7 Å². The zero-order valence-electron chi connectivity index (χ0n) is 27.5. The van der Waals surface area contributed by atoms with E-state index < -0.39 is 0 Å². The summed E-state index contributed by atoms with van der Waals surface area (Å²) in [6.07, 6.45) is 10.8. The third-order valence-corrected chi connectivity index (χ3v) is 7.81. The van der Waals surface area contributed by atoms with Gasteiger partial charge in [0, 0.05) is 41.1 Å². The molecule has 0 bridgehead atoms. The van der Waals surface area contributed by atoms with Gasteiger partial charge in [-0.05, 0) is 78.9 Å². The largest absolute Gasteiger partial charge is 0.358 e. The Hall–Kier alpha value is -5.41. The Morgan fingerprint density at radius 3 is 2.38 bits per heavy atom. The first kappa shape index (κ1) is 34.5. The molecule has 1 aliphatic carbocycles. The number of pyridine rings is 2. The van der Waals surface area contributed by atoms with E-state index in [9.17, 15) is 4.39 Å². The van der Waals surface area contributed by atoms with E-state index in [1.54, 1.807) is 12.4 Å². The number of aromatic nitrogens is 6. The fourth-order valence-electron chi connectivity index (χ4n) is 5.45. The minimum absolute atomic E-state index is 0.299. The summed E-state index contributed by atoms with van der Waals surface area (Å²) in [5.41, 5.74) is 9.36. The molecule has 0 aliphatic heterocycles. The summed E-state index contributed by atoms with van der Waals surface area (Å²) in [6.45, 7) is 20.8. The van der Waals surface area contributed by atoms with Crippen LogP contribution in [0.15, 0.2) is 106 Å². The number of benzene rings is 2. The molecular formula is C38H43FN8. The van der Waals surface area contributed by atoms with Gasteiger partial charge in [0.25, 0.3) is 0 Å². The monoisotopic (exact) mass is 630 g/mol. The Balaban J connectivity index is 0.000000790. The number of nitrogens with zero attached hydrogens (tertiary/aromatic N) is 4. The maximum atomic E-state index is 14.5. The average molecular weight is 631 g/mol. The summed E-state index contributed by atoms with van der Waals surface area (Å²) < 4.78 is 14.5. The van der Waals surface area contributed by atoms with Gasteiger partial charge in [0.15, 0.2) is 5.82 Å². The first-order valence-electron chi connectivity index (χ1n) is 15.7. The SMILES string of the molecule is C=C.C=C.C=C(Nc1cncc(-c2ccc3[nH]nc(-c4nc5c(-c6cc(F)cc(CNC)c6)cncc5[nH]4)c3c2)c1)C1CCC1.CC. The summed E-state index contributed by atoms with van der Waals surface area (Å²) in [5, 5.41) is 15.2. The van der Waals surface area contributed by atoms with Gasteiger partial charge in [-0.3, -0.25) is 15.1 Å². The second-order valence-electron chi connectivity index (χ2n) is 10.6. The number of hydrogen-bond acceptors (Lipinski definition) is 6. The van der Waals surface area contributed by atoms with Crippen LogP contribution in [-0.4, -0.2) is 37.2 Å². The number of hydrogen-bond donors (Lipinski definition) is 4. The lowest BCUT2D eigenvalue weighted by Gasteiger charge is -2.28. The molecule has 0 amide bonds. The summed E-state index contributed by atoms with van der Waals surface area (Å²) in [5.74, 6) is 0.849. The van der Waals surface area contributed by atoms with Gasteiger partial charge in [-0.1, -0.05) is 32.9 Å². The van der Waals surface area contributed by atoms with Crippen LogP contribution in [0.2, 0.25) is 0 Å². The molecule has 242 valence electrons. The molecule has 4 N–H and O–H groups in total. The van der Waals surface area contributed by atoms with Crippen LogP contribution in [0.1, 0.15) is 38.7 Å². The smallest absolute Gasteiger partial charge is 0.159 e. The van der Waals surface area contributed by atoms with E-state index >= 15 is 0 Å². The summed E-state index contributed by atoms with van der Waals surface area (Å²) in [7, 11) is 1.84. The van der Waals surface area contributed by atoms with Crippen LogP contribution in [0.3, 0.4) is 0 Å². The van der Waals surface area contributed by atoms with Crippen LogP contribution in [0.25, 0.3) is 55.7 Å². The molecule has 1 aliphatic rings. The van der Waals surface area contributed by atoms with Crippen molar-refractivity contribution in [3.8, 4) is 33.8 Å². The maximum absolute atomic E-state index is 14.5. The Labute approximate surface area is 276 Å². The molecule has 0 saturated heterocycles. The quantitative estimate of drug-likeness (QED) is 0.125. The highest BCUT2D eigenvalue weighted by atomic mass is 19.1. The molecule has 47 heavy (non-hydrogen) atoms. The molecule has 1 fully saturated rings. The van der Waals surface area contributed by atoms with E-state index in [0.29, 0.717) is 29.5 Å². The lowest BCUT2D eigenvalue weighted by molar-refractivity contribution is 0.371. The molecule has 0 atom stereocenters. The van der Waals surface area contributed by atoms with Crippen LogP contribution in [0.4, 0.5) is 10.1 Å². The molecule has 9 heteroatoms. The predicted octanol–water partition coefficient (Wildman–Crippen LogP) is 9.44. The summed E-state index contributed by atoms with van der Waals surface area (Å²) in [4.78, 5) is 17.2. The van der Waals surface area contributed by atoms with Crippen LogP contribution < -0.4 is 10.6 Å². The molecule has 1 saturated carbocycles. The number of fused-ring (bicyclic) bond motifs is 2. The number of nitrogens with one attached hydrogen (secondary N) is 4. The first-order chi connectivity index (χ1) is 23.1. The van der Waals surface area contributed by atoms with Gasteiger partial charge in [-0.15, -0.1) is 26.3 Å². The van der Waals surface area contributed by atoms with Gasteiger partial charge in [-0.2, -0.15) is 5.10 Å². The molecule has 2 aromatic carbocycles. The molecule has 0 radical (unpaired) electrons. The molecule has 4 aromatic heterocycles. The Bertz CT molecular complexity index is 1950. The third kappa shape index (κ3) is 7.53. The minimum Gasteiger partial charge on any atom is -0.358 e. The van der Waals surface area contributed by atoms with Crippen molar-refractivity contribution in [2.75, 3.05) is 12.4 Å². The molecule has 0 unspecified atom stereocenters. The molecule has 4 heterocycles. The Kier molecular flexibility index (Phi) is 11.9. The highest BCUT2D eigenvalue weighted by Gasteiger charge is 2.21. The number of rotatable bonds is 8. The Morgan fingerprint density at radius 2 is 1.66 bits per heavy atom. The number of imidazole rings is 1. The highest BCUT2D eigenvalue weighted by Crippen LogP contribution is 2.35. The van der Waals surface area contributed by atoms with Crippen LogP contribution in [0.5, 0.6) is 0 Å². The van der Waals surface area contributed by atoms with E-state index in [-0.39, 0.29) is 5.82 Å². The van der Waals surface area contributed by atoms with E-state index in [1.165, 1.54) is 31.4 Å². The second kappa shape index (κ2) is 16.2. The number of H-pyrrole nitrogens is 2. The van der Waals surface area contributed by atoms with Crippen molar-refractivity contribution in [2.45, 2.75) is 39.7 Å². The minimum atomic E-state index is -0.299. The van der Waals surface area contributed by atoms with E-state index in [2.05, 4.69) is 86.9 Å². The van der Waals surface area contributed by atoms with E-state index in [4.69, 9.17) is 4.98 Å². The zero-order chi connectivity index (χ0) is 33.9. The fourth-order valence-corrected chi connectivity index (χ4v) is 5.45. The van der Waals surface area contributed by atoms with Crippen molar-refractivity contribution in [1.29, 1.82) is 0 Å². The number of aromatic amines is 2. The van der Waals surface area contributed by atoms with Crippen molar-refractivity contribution in [1.82, 2.24) is 35.5 Å². The van der Waals surface area contributed by atoms with Crippen molar-refractivity contribution >= 4 is 27.6 Å². The van der Waals surface area contributed by atoms with Gasteiger partial charge < -0.3 is 15.6 Å². The molecule has 6 aromatic rings. The maximum Gasteiger partial charge on any atom is 0.159 e. The summed E-state index contributed by atoms with van der Waals surface area (Å²) in [6, 6.07) is 13.3. The predicted molar refractivity (Wildman–Crippen MR) is 194 cm³/mol. The Morgan fingerprint density at radius 1 is 0.894 bits per heavy atom. The van der Waals surface area contributed by atoms with Gasteiger partial charge >= 0.3 is 0 Å². The topological polar surface area (TPSA) is 107 Å². The lowest BCUT2D eigenvalue weighted by atomic mass is 9.83. The first-order valence-corrected chi connectivity index (χ1v) is 15.7. The highest BCUT2D eigenvalue weighted by molar-refractivity contribution is 5.98. The number of allylic oxidation sites excluding steroid dienone is 1. The molecular weight excluding hydrogens is 587 g/mol. The van der Waals surface area contributed by atoms with Gasteiger partial charge in [0.1, 0.15) is 11.5 Å². The van der Waals surface area contributed by atoms with E-state index in [1.807, 2.05) is 45.4 Å². The third-order valence-electron chi connectivity index (χ3n) is 7.81. The number of halogens is 1. The normalized spacial score (nSPS) is 12.1. The summed E-state index contributed by atoms with van der Waals surface area (Å²) >= 11 is 0. The molecule has 7 rings (SSSR count). The molecule has 0 spiro atoms. The van der Waals surface area contributed by atoms with Crippen molar-refractivity contribution in [2.24, 2.45) is 5.92 Å². The van der Waals surface area contributed by atoms with Crippen LogP contribution >= 0.6 is 0 Å². The van der Waals surface area contributed by atoms with E-state index in [0.717, 1.165) is 55.6 Å². The van der Waals surface area contributed by atoms with Gasteiger partial charge in [0.2, 0.25) is 0 Å². The van der Waals surface area contributed by atoms with Gasteiger partial charge in [0.05, 0.1) is 34.6 Å².